The van der Waals surface area contributed by atoms with E-state index in [1.54, 1.807) is 18.2 Å². The van der Waals surface area contributed by atoms with Gasteiger partial charge in [0.2, 0.25) is 0 Å². The number of aromatic hydroxyl groups is 1. The standard InChI is InChI=1S/C32H35ClFN5O2/c1-38-12-5-4-9-22(38)18-41-32-36-30-26(31(37-32)39-17-20-8-6-10-21(39)16-35-20)15-27(33)28(29(30)34)25-14-23(40)13-19-7-2-3-11-24(19)25/h2-3,7,11,13-15,20-22,35,40H,4-6,8-10,12,16-18H2,1H3/t20?,21?,22-/m0/s1. The molecule has 5 heterocycles. The summed E-state index contributed by atoms with van der Waals surface area (Å²) < 4.78 is 23.0. The first-order chi connectivity index (χ1) is 20.0. The maximum atomic E-state index is 16.8. The molecule has 4 aliphatic heterocycles. The van der Waals surface area contributed by atoms with E-state index < -0.39 is 5.82 Å². The van der Waals surface area contributed by atoms with E-state index in [-0.39, 0.29) is 39.9 Å². The van der Waals surface area contributed by atoms with Crippen molar-refractivity contribution in [2.45, 2.75) is 56.7 Å². The number of likely N-dealkylation sites (N-methyl/N-ethyl adjacent to an activating group) is 1. The lowest BCUT2D eigenvalue weighted by Gasteiger charge is -2.39. The van der Waals surface area contributed by atoms with Crippen molar-refractivity contribution >= 4 is 39.1 Å². The Morgan fingerprint density at radius 3 is 2.83 bits per heavy atom. The highest BCUT2D eigenvalue weighted by atomic mass is 35.5. The Morgan fingerprint density at radius 1 is 1.07 bits per heavy atom. The van der Waals surface area contributed by atoms with E-state index >= 15 is 4.39 Å². The molecule has 41 heavy (non-hydrogen) atoms. The van der Waals surface area contributed by atoms with E-state index in [0.29, 0.717) is 29.4 Å². The zero-order valence-electron chi connectivity index (χ0n) is 23.2. The van der Waals surface area contributed by atoms with Crippen molar-refractivity contribution in [2.24, 2.45) is 0 Å². The van der Waals surface area contributed by atoms with Crippen molar-refractivity contribution in [2.75, 3.05) is 38.2 Å². The number of halogens is 2. The summed E-state index contributed by atoms with van der Waals surface area (Å²) in [5, 5.41) is 16.6. The van der Waals surface area contributed by atoms with Gasteiger partial charge in [0, 0.05) is 42.2 Å². The molecule has 3 aromatic carbocycles. The number of anilines is 1. The van der Waals surface area contributed by atoms with Gasteiger partial charge in [-0.25, -0.2) is 4.39 Å². The number of phenolic OH excluding ortho intramolecular Hbond substituents is 1. The summed E-state index contributed by atoms with van der Waals surface area (Å²) in [4.78, 5) is 14.2. The molecule has 4 fully saturated rings. The summed E-state index contributed by atoms with van der Waals surface area (Å²) in [5.41, 5.74) is 0.921. The molecule has 2 N–H and O–H groups in total. The van der Waals surface area contributed by atoms with Crippen molar-refractivity contribution in [1.29, 1.82) is 0 Å². The van der Waals surface area contributed by atoms with Gasteiger partial charge in [-0.3, -0.25) is 0 Å². The number of piperidine rings is 1. The first kappa shape index (κ1) is 26.7. The van der Waals surface area contributed by atoms with Crippen LogP contribution in [0.5, 0.6) is 11.8 Å². The van der Waals surface area contributed by atoms with Crippen LogP contribution in [-0.2, 0) is 0 Å². The Balaban J connectivity index is 1.39. The molecule has 2 unspecified atom stereocenters. The van der Waals surface area contributed by atoms with Crippen LogP contribution in [-0.4, -0.2) is 71.4 Å². The fourth-order valence-corrected chi connectivity index (χ4v) is 7.19. The van der Waals surface area contributed by atoms with Gasteiger partial charge in [0.1, 0.15) is 23.7 Å². The van der Waals surface area contributed by atoms with Crippen LogP contribution >= 0.6 is 11.6 Å². The normalized spacial score (nSPS) is 23.3. The number of rotatable bonds is 5. The maximum Gasteiger partial charge on any atom is 0.319 e. The Bertz CT molecular complexity index is 1610. The van der Waals surface area contributed by atoms with Gasteiger partial charge in [-0.2, -0.15) is 9.97 Å². The lowest BCUT2D eigenvalue weighted by atomic mass is 9.96. The largest absolute Gasteiger partial charge is 0.508 e. The molecule has 1 aromatic heterocycles. The summed E-state index contributed by atoms with van der Waals surface area (Å²) in [6.07, 6.45) is 6.70. The average molecular weight is 576 g/mol. The number of piperazine rings is 1. The minimum absolute atomic E-state index is 0.0476. The van der Waals surface area contributed by atoms with Gasteiger partial charge in [-0.15, -0.1) is 0 Å². The van der Waals surface area contributed by atoms with Crippen LogP contribution in [0.2, 0.25) is 5.02 Å². The maximum absolute atomic E-state index is 16.8. The highest BCUT2D eigenvalue weighted by Crippen LogP contribution is 2.43. The summed E-state index contributed by atoms with van der Waals surface area (Å²) in [5.74, 6) is 0.185. The molecule has 214 valence electrons. The highest BCUT2D eigenvalue weighted by molar-refractivity contribution is 6.35. The number of nitrogens with one attached hydrogen (secondary N) is 1. The molecule has 0 saturated carbocycles. The topological polar surface area (TPSA) is 73.8 Å². The molecular formula is C32H35ClFN5O2. The average Bonchev–Trinajstić information content (AvgIpc) is 3.33. The lowest BCUT2D eigenvalue weighted by Crippen LogP contribution is -2.54. The quantitative estimate of drug-likeness (QED) is 0.296. The number of benzene rings is 3. The SMILES string of the molecule is CN1CCCC[C@H]1COc1nc(N2CC3CCCC2CN3)c2cc(Cl)c(-c3cc(O)cc4ccccc34)c(F)c2n1. The predicted octanol–water partition coefficient (Wildman–Crippen LogP) is 6.14. The number of nitrogens with zero attached hydrogens (tertiary/aromatic N) is 4. The third-order valence-electron chi connectivity index (χ3n) is 9.15. The van der Waals surface area contributed by atoms with E-state index in [0.717, 1.165) is 56.1 Å². The van der Waals surface area contributed by atoms with Gasteiger partial charge in [0.25, 0.3) is 0 Å². The van der Waals surface area contributed by atoms with Gasteiger partial charge in [-0.05, 0) is 80.2 Å². The molecule has 0 amide bonds. The van der Waals surface area contributed by atoms with Crippen molar-refractivity contribution < 1.29 is 14.2 Å². The van der Waals surface area contributed by atoms with Crippen LogP contribution in [0.25, 0.3) is 32.8 Å². The third kappa shape index (κ3) is 4.96. The number of fused-ring (bicyclic) bond motifs is 6. The zero-order valence-corrected chi connectivity index (χ0v) is 24.0. The molecule has 9 heteroatoms. The number of hydrogen-bond donors (Lipinski definition) is 2. The van der Waals surface area contributed by atoms with E-state index in [1.807, 2.05) is 24.3 Å². The fraction of sp³-hybridized carbons (Fsp3) is 0.438. The second-order valence-electron chi connectivity index (χ2n) is 11.8. The number of hydrogen-bond acceptors (Lipinski definition) is 7. The second kappa shape index (κ2) is 10.9. The van der Waals surface area contributed by atoms with Gasteiger partial charge in [-0.1, -0.05) is 42.3 Å². The predicted molar refractivity (Wildman–Crippen MR) is 162 cm³/mol. The number of aromatic nitrogens is 2. The molecule has 0 aliphatic carbocycles. The summed E-state index contributed by atoms with van der Waals surface area (Å²) in [6.45, 7) is 3.15. The number of likely N-dealkylation sites (tertiary alicyclic amines) is 1. The van der Waals surface area contributed by atoms with Crippen LogP contribution in [0.15, 0.2) is 42.5 Å². The highest BCUT2D eigenvalue weighted by Gasteiger charge is 2.34. The Kier molecular flexibility index (Phi) is 7.09. The van der Waals surface area contributed by atoms with E-state index in [4.69, 9.17) is 21.3 Å². The molecule has 0 radical (unpaired) electrons. The summed E-state index contributed by atoms with van der Waals surface area (Å²) in [7, 11) is 2.12. The number of phenols is 1. The van der Waals surface area contributed by atoms with Gasteiger partial charge < -0.3 is 25.0 Å². The smallest absolute Gasteiger partial charge is 0.319 e. The molecular weight excluding hydrogens is 541 g/mol. The first-order valence-electron chi connectivity index (χ1n) is 14.7. The van der Waals surface area contributed by atoms with Crippen LogP contribution in [0, 0.1) is 5.82 Å². The molecule has 4 aromatic rings. The molecule has 4 saturated heterocycles. The minimum atomic E-state index is -0.537. The molecule has 2 bridgehead atoms. The molecule has 4 aliphatic rings. The van der Waals surface area contributed by atoms with Crippen LogP contribution < -0.4 is 15.0 Å². The Morgan fingerprint density at radius 2 is 1.95 bits per heavy atom. The Labute approximate surface area is 244 Å². The zero-order chi connectivity index (χ0) is 28.1. The van der Waals surface area contributed by atoms with Gasteiger partial charge >= 0.3 is 6.01 Å². The lowest BCUT2D eigenvalue weighted by molar-refractivity contribution is 0.120. The number of ether oxygens (including phenoxy) is 1. The molecule has 7 nitrogen and oxygen atoms in total. The second-order valence-corrected chi connectivity index (χ2v) is 12.2. The van der Waals surface area contributed by atoms with Crippen molar-refractivity contribution in [3.63, 3.8) is 0 Å². The van der Waals surface area contributed by atoms with Gasteiger partial charge in [0.05, 0.1) is 5.02 Å². The minimum Gasteiger partial charge on any atom is -0.508 e. The Hall–Kier alpha value is -3.20. The fourth-order valence-electron chi connectivity index (χ4n) is 6.89. The van der Waals surface area contributed by atoms with E-state index in [1.165, 1.54) is 12.8 Å². The van der Waals surface area contributed by atoms with E-state index in [9.17, 15) is 5.11 Å². The third-order valence-corrected chi connectivity index (χ3v) is 9.44. The van der Waals surface area contributed by atoms with Crippen molar-refractivity contribution in [3.05, 3.63) is 53.3 Å². The first-order valence-corrected chi connectivity index (χ1v) is 15.1. The van der Waals surface area contributed by atoms with E-state index in [2.05, 4.69) is 27.1 Å². The molecule has 3 atom stereocenters. The van der Waals surface area contributed by atoms with Crippen molar-refractivity contribution in [1.82, 2.24) is 20.2 Å². The summed E-state index contributed by atoms with van der Waals surface area (Å²) >= 11 is 6.89. The van der Waals surface area contributed by atoms with Crippen LogP contribution in [0.4, 0.5) is 10.2 Å². The molecule has 0 spiro atoms. The van der Waals surface area contributed by atoms with Crippen LogP contribution in [0.3, 0.4) is 0 Å². The van der Waals surface area contributed by atoms with Crippen molar-refractivity contribution in [3.8, 4) is 22.9 Å². The van der Waals surface area contributed by atoms with Crippen LogP contribution in [0.1, 0.15) is 38.5 Å². The molecule has 8 rings (SSSR count). The monoisotopic (exact) mass is 575 g/mol. The summed E-state index contributed by atoms with van der Waals surface area (Å²) in [6, 6.07) is 13.7. The van der Waals surface area contributed by atoms with Gasteiger partial charge in [0.15, 0.2) is 5.82 Å².